The molecule has 2 N–H and O–H groups in total. The molecule has 3 aromatic rings. The summed E-state index contributed by atoms with van der Waals surface area (Å²) in [6.07, 6.45) is 3.19. The van der Waals surface area contributed by atoms with E-state index in [9.17, 15) is 4.39 Å². The van der Waals surface area contributed by atoms with Crippen LogP contribution in [0.15, 0.2) is 64.2 Å². The molecule has 0 aliphatic rings. The Bertz CT molecular complexity index is 927. The highest BCUT2D eigenvalue weighted by Crippen LogP contribution is 2.19. The molecule has 8 heteroatoms. The number of halogens is 2. The Hall–Kier alpha value is -2.62. The molecule has 0 amide bonds. The third kappa shape index (κ3) is 7.01. The predicted molar refractivity (Wildman–Crippen MR) is 127 cm³/mol. The first-order valence-corrected chi connectivity index (χ1v) is 9.45. The van der Waals surface area contributed by atoms with Gasteiger partial charge in [0.2, 0.25) is 5.89 Å². The van der Waals surface area contributed by atoms with E-state index in [0.29, 0.717) is 18.9 Å². The molecule has 0 bridgehead atoms. The molecular weight excluding hydrogens is 498 g/mol. The average Bonchev–Trinajstić information content (AvgIpc) is 3.22. The van der Waals surface area contributed by atoms with E-state index < -0.39 is 0 Å². The standard InChI is InChI=1S/C22H25FN4O2.HI/c1-24-22(25-13-11-16-3-9-20(28-2)10-4-16)26-14-12-19-15-29-21(27-19)17-5-7-18(23)8-6-17;/h3-10,15H,11-14H2,1-2H3,(H2,24,25,26);1H. The van der Waals surface area contributed by atoms with Gasteiger partial charge in [0.1, 0.15) is 17.8 Å². The van der Waals surface area contributed by atoms with Crippen LogP contribution in [-0.4, -0.2) is 38.2 Å². The minimum atomic E-state index is -0.282. The topological polar surface area (TPSA) is 71.7 Å². The van der Waals surface area contributed by atoms with Crippen LogP contribution in [-0.2, 0) is 12.8 Å². The van der Waals surface area contributed by atoms with Crippen LogP contribution in [0.3, 0.4) is 0 Å². The van der Waals surface area contributed by atoms with Crippen LogP contribution in [0.25, 0.3) is 11.5 Å². The number of guanidine groups is 1. The van der Waals surface area contributed by atoms with Gasteiger partial charge >= 0.3 is 0 Å². The molecule has 3 rings (SSSR count). The smallest absolute Gasteiger partial charge is 0.226 e. The van der Waals surface area contributed by atoms with Gasteiger partial charge in [-0.1, -0.05) is 12.1 Å². The molecule has 0 aliphatic heterocycles. The number of oxazole rings is 1. The number of hydrogen-bond acceptors (Lipinski definition) is 4. The largest absolute Gasteiger partial charge is 0.497 e. The SMILES string of the molecule is CN=C(NCCc1ccc(OC)cc1)NCCc1coc(-c2ccc(F)cc2)n1.I. The summed E-state index contributed by atoms with van der Waals surface area (Å²) in [6.45, 7) is 1.43. The van der Waals surface area contributed by atoms with E-state index in [0.717, 1.165) is 35.9 Å². The Morgan fingerprint density at radius 1 is 1.03 bits per heavy atom. The number of nitrogens with zero attached hydrogens (tertiary/aromatic N) is 2. The van der Waals surface area contributed by atoms with E-state index in [1.165, 1.54) is 17.7 Å². The molecular formula is C22H26FIN4O2. The monoisotopic (exact) mass is 524 g/mol. The number of benzene rings is 2. The summed E-state index contributed by atoms with van der Waals surface area (Å²) in [4.78, 5) is 8.68. The first-order valence-electron chi connectivity index (χ1n) is 9.45. The van der Waals surface area contributed by atoms with E-state index in [4.69, 9.17) is 9.15 Å². The van der Waals surface area contributed by atoms with Crippen LogP contribution < -0.4 is 15.4 Å². The van der Waals surface area contributed by atoms with Gasteiger partial charge in [0.15, 0.2) is 5.96 Å². The maximum absolute atomic E-state index is 13.0. The quantitative estimate of drug-likeness (QED) is 0.264. The summed E-state index contributed by atoms with van der Waals surface area (Å²) >= 11 is 0. The van der Waals surface area contributed by atoms with Gasteiger partial charge in [-0.25, -0.2) is 9.37 Å². The van der Waals surface area contributed by atoms with Crippen molar-refractivity contribution in [3.05, 3.63) is 71.9 Å². The summed E-state index contributed by atoms with van der Waals surface area (Å²) in [6, 6.07) is 14.1. The molecule has 6 nitrogen and oxygen atoms in total. The number of aromatic nitrogens is 1. The van der Waals surface area contributed by atoms with Crippen molar-refractivity contribution in [1.82, 2.24) is 15.6 Å². The van der Waals surface area contributed by atoms with Gasteiger partial charge in [-0.05, 0) is 48.4 Å². The summed E-state index contributed by atoms with van der Waals surface area (Å²) in [5.74, 6) is 1.80. The third-order valence-corrected chi connectivity index (χ3v) is 4.41. The fourth-order valence-corrected chi connectivity index (χ4v) is 2.79. The molecule has 0 saturated carbocycles. The predicted octanol–water partition coefficient (Wildman–Crippen LogP) is 4.06. The zero-order valence-electron chi connectivity index (χ0n) is 17.0. The highest BCUT2D eigenvalue weighted by atomic mass is 127. The van der Waals surface area contributed by atoms with Crippen LogP contribution in [0, 0.1) is 5.82 Å². The minimum absolute atomic E-state index is 0. The third-order valence-electron chi connectivity index (χ3n) is 4.41. The first-order chi connectivity index (χ1) is 14.2. The maximum atomic E-state index is 13.0. The summed E-state index contributed by atoms with van der Waals surface area (Å²) < 4.78 is 23.7. The number of nitrogens with one attached hydrogen (secondary N) is 2. The summed E-state index contributed by atoms with van der Waals surface area (Å²) in [5.41, 5.74) is 2.80. The van der Waals surface area contributed by atoms with Crippen molar-refractivity contribution in [3.63, 3.8) is 0 Å². The second-order valence-electron chi connectivity index (χ2n) is 6.42. The zero-order valence-corrected chi connectivity index (χ0v) is 19.4. The molecule has 0 fully saturated rings. The summed E-state index contributed by atoms with van der Waals surface area (Å²) in [7, 11) is 3.40. The second kappa shape index (κ2) is 12.2. The molecule has 1 heterocycles. The van der Waals surface area contributed by atoms with Crippen molar-refractivity contribution in [2.75, 3.05) is 27.2 Å². The average molecular weight is 524 g/mol. The Balaban J connectivity index is 0.00000320. The van der Waals surface area contributed by atoms with Crippen LogP contribution in [0.5, 0.6) is 5.75 Å². The fraction of sp³-hybridized carbons (Fsp3) is 0.273. The highest BCUT2D eigenvalue weighted by molar-refractivity contribution is 14.0. The van der Waals surface area contributed by atoms with Crippen LogP contribution >= 0.6 is 24.0 Å². The van der Waals surface area contributed by atoms with Crippen LogP contribution in [0.4, 0.5) is 4.39 Å². The lowest BCUT2D eigenvalue weighted by Gasteiger charge is -2.11. The number of methoxy groups -OCH3 is 1. The molecule has 160 valence electrons. The van der Waals surface area contributed by atoms with Gasteiger partial charge < -0.3 is 19.8 Å². The lowest BCUT2D eigenvalue weighted by Crippen LogP contribution is -2.39. The second-order valence-corrected chi connectivity index (χ2v) is 6.42. The highest BCUT2D eigenvalue weighted by Gasteiger charge is 2.07. The minimum Gasteiger partial charge on any atom is -0.497 e. The number of ether oxygens (including phenoxy) is 1. The van der Waals surface area contributed by atoms with Crippen molar-refractivity contribution >= 4 is 29.9 Å². The Kier molecular flexibility index (Phi) is 9.59. The van der Waals surface area contributed by atoms with Crippen molar-refractivity contribution in [1.29, 1.82) is 0 Å². The lowest BCUT2D eigenvalue weighted by molar-refractivity contribution is 0.414. The maximum Gasteiger partial charge on any atom is 0.226 e. The molecule has 0 saturated heterocycles. The Morgan fingerprint density at radius 3 is 2.33 bits per heavy atom. The van der Waals surface area contributed by atoms with E-state index in [-0.39, 0.29) is 29.8 Å². The normalized spacial score (nSPS) is 11.0. The molecule has 0 spiro atoms. The lowest BCUT2D eigenvalue weighted by atomic mass is 10.1. The molecule has 30 heavy (non-hydrogen) atoms. The van der Waals surface area contributed by atoms with Crippen molar-refractivity contribution in [2.24, 2.45) is 4.99 Å². The molecule has 2 aromatic carbocycles. The zero-order chi connectivity index (χ0) is 20.5. The Morgan fingerprint density at radius 2 is 1.70 bits per heavy atom. The van der Waals surface area contributed by atoms with Gasteiger partial charge in [-0.15, -0.1) is 24.0 Å². The van der Waals surface area contributed by atoms with E-state index in [2.05, 4.69) is 32.7 Å². The van der Waals surface area contributed by atoms with E-state index >= 15 is 0 Å². The van der Waals surface area contributed by atoms with E-state index in [1.54, 1.807) is 32.6 Å². The van der Waals surface area contributed by atoms with E-state index in [1.807, 2.05) is 12.1 Å². The van der Waals surface area contributed by atoms with Crippen LogP contribution in [0.1, 0.15) is 11.3 Å². The number of rotatable bonds is 8. The van der Waals surface area contributed by atoms with Gasteiger partial charge in [0.05, 0.1) is 12.8 Å². The van der Waals surface area contributed by atoms with Crippen LogP contribution in [0.2, 0.25) is 0 Å². The molecule has 1 aromatic heterocycles. The van der Waals surface area contributed by atoms with Gasteiger partial charge in [-0.3, -0.25) is 4.99 Å². The fourth-order valence-electron chi connectivity index (χ4n) is 2.79. The molecule has 0 aliphatic carbocycles. The van der Waals surface area contributed by atoms with Gasteiger partial charge in [0, 0.05) is 32.1 Å². The Labute approximate surface area is 193 Å². The van der Waals surface area contributed by atoms with Crippen molar-refractivity contribution in [2.45, 2.75) is 12.8 Å². The molecule has 0 radical (unpaired) electrons. The molecule has 0 unspecified atom stereocenters. The molecule has 0 atom stereocenters. The summed E-state index contributed by atoms with van der Waals surface area (Å²) in [5, 5.41) is 6.56. The first kappa shape index (κ1) is 23.7. The number of hydrogen-bond donors (Lipinski definition) is 2. The van der Waals surface area contributed by atoms with Gasteiger partial charge in [-0.2, -0.15) is 0 Å². The number of aliphatic imine (C=N–C) groups is 1. The van der Waals surface area contributed by atoms with Crippen molar-refractivity contribution in [3.8, 4) is 17.2 Å². The van der Waals surface area contributed by atoms with Gasteiger partial charge in [0.25, 0.3) is 0 Å². The van der Waals surface area contributed by atoms with Crippen molar-refractivity contribution < 1.29 is 13.5 Å².